The van der Waals surface area contributed by atoms with Gasteiger partial charge < -0.3 is 5.32 Å². The van der Waals surface area contributed by atoms with Crippen LogP contribution < -0.4 is 5.32 Å². The third-order valence-electron chi connectivity index (χ3n) is 3.74. The van der Waals surface area contributed by atoms with E-state index in [1.165, 1.54) is 27.8 Å². The Morgan fingerprint density at radius 3 is 2.96 bits per heavy atom. The SMILES string of the molecule is Cc1ccccc1CCNC(=O)CSc1n[nH]c(Cc2cccs2)n1. The van der Waals surface area contributed by atoms with Gasteiger partial charge in [-0.15, -0.1) is 16.4 Å². The first-order valence-electron chi connectivity index (χ1n) is 8.08. The standard InChI is InChI=1S/C18H20N4OS2/c1-13-5-2-3-6-14(13)8-9-19-17(23)12-25-18-20-16(21-22-18)11-15-7-4-10-24-15/h2-7,10H,8-9,11-12H2,1H3,(H,19,23)(H,20,21,22). The largest absolute Gasteiger partial charge is 0.355 e. The molecule has 5 nitrogen and oxygen atoms in total. The van der Waals surface area contributed by atoms with Gasteiger partial charge in [-0.2, -0.15) is 0 Å². The van der Waals surface area contributed by atoms with E-state index in [2.05, 4.69) is 45.6 Å². The lowest BCUT2D eigenvalue weighted by Crippen LogP contribution is -2.27. The minimum Gasteiger partial charge on any atom is -0.355 e. The number of amides is 1. The third kappa shape index (κ3) is 5.44. The number of aromatic amines is 1. The van der Waals surface area contributed by atoms with Crippen molar-refractivity contribution in [2.45, 2.75) is 24.9 Å². The lowest BCUT2D eigenvalue weighted by molar-refractivity contribution is -0.118. The van der Waals surface area contributed by atoms with Crippen LogP contribution in [-0.2, 0) is 17.6 Å². The Morgan fingerprint density at radius 1 is 1.28 bits per heavy atom. The number of nitrogens with one attached hydrogen (secondary N) is 2. The second-order valence-corrected chi connectivity index (χ2v) is 7.61. The zero-order valence-electron chi connectivity index (χ0n) is 14.0. The van der Waals surface area contributed by atoms with Gasteiger partial charge in [-0.05, 0) is 35.9 Å². The smallest absolute Gasteiger partial charge is 0.230 e. The average Bonchev–Trinajstić information content (AvgIpc) is 3.27. The summed E-state index contributed by atoms with van der Waals surface area (Å²) in [7, 11) is 0. The van der Waals surface area contributed by atoms with Crippen LogP contribution in [0.5, 0.6) is 0 Å². The fraction of sp³-hybridized carbons (Fsp3) is 0.278. The van der Waals surface area contributed by atoms with Gasteiger partial charge in [-0.1, -0.05) is 42.1 Å². The number of carbonyl (C=O) groups is 1. The van der Waals surface area contributed by atoms with Crippen LogP contribution >= 0.6 is 23.1 Å². The molecule has 3 rings (SSSR count). The molecule has 1 aromatic carbocycles. The number of aryl methyl sites for hydroxylation is 1. The zero-order chi connectivity index (χ0) is 17.5. The van der Waals surface area contributed by atoms with E-state index >= 15 is 0 Å². The molecule has 25 heavy (non-hydrogen) atoms. The molecule has 0 fully saturated rings. The number of benzene rings is 1. The van der Waals surface area contributed by atoms with Crippen molar-refractivity contribution in [3.8, 4) is 0 Å². The lowest BCUT2D eigenvalue weighted by atomic mass is 10.1. The van der Waals surface area contributed by atoms with Crippen LogP contribution in [0.2, 0.25) is 0 Å². The minimum atomic E-state index is 0.00295. The maximum Gasteiger partial charge on any atom is 0.230 e. The highest BCUT2D eigenvalue weighted by atomic mass is 32.2. The summed E-state index contributed by atoms with van der Waals surface area (Å²) in [4.78, 5) is 17.6. The molecule has 2 aromatic heterocycles. The van der Waals surface area contributed by atoms with Gasteiger partial charge in [0.1, 0.15) is 5.82 Å². The van der Waals surface area contributed by atoms with Gasteiger partial charge in [0.25, 0.3) is 0 Å². The van der Waals surface area contributed by atoms with Crippen LogP contribution in [0, 0.1) is 6.92 Å². The van der Waals surface area contributed by atoms with Crippen LogP contribution in [0.4, 0.5) is 0 Å². The number of nitrogens with zero attached hydrogens (tertiary/aromatic N) is 2. The Bertz CT molecular complexity index is 814. The van der Waals surface area contributed by atoms with Crippen molar-refractivity contribution in [2.75, 3.05) is 12.3 Å². The van der Waals surface area contributed by atoms with Crippen molar-refractivity contribution >= 4 is 29.0 Å². The molecule has 3 aromatic rings. The van der Waals surface area contributed by atoms with Crippen molar-refractivity contribution in [3.05, 3.63) is 63.6 Å². The molecule has 7 heteroatoms. The predicted molar refractivity (Wildman–Crippen MR) is 102 cm³/mol. The first kappa shape index (κ1) is 17.7. The van der Waals surface area contributed by atoms with Gasteiger partial charge in [0.15, 0.2) is 0 Å². The molecule has 0 aliphatic carbocycles. The Kier molecular flexibility index (Phi) is 6.25. The normalized spacial score (nSPS) is 10.8. The molecule has 1 amide bonds. The predicted octanol–water partition coefficient (Wildman–Crippen LogP) is 3.22. The van der Waals surface area contributed by atoms with Crippen molar-refractivity contribution < 1.29 is 4.79 Å². The molecule has 0 atom stereocenters. The number of carbonyl (C=O) groups excluding carboxylic acids is 1. The molecule has 0 aliphatic rings. The van der Waals surface area contributed by atoms with Crippen LogP contribution in [-0.4, -0.2) is 33.4 Å². The summed E-state index contributed by atoms with van der Waals surface area (Å²) in [6.45, 7) is 2.73. The summed E-state index contributed by atoms with van der Waals surface area (Å²) in [5, 5.41) is 12.7. The molecular weight excluding hydrogens is 352 g/mol. The van der Waals surface area contributed by atoms with Gasteiger partial charge in [0.2, 0.25) is 11.1 Å². The molecule has 0 saturated carbocycles. The number of rotatable bonds is 8. The lowest BCUT2D eigenvalue weighted by Gasteiger charge is -2.06. The number of thiophene rings is 1. The summed E-state index contributed by atoms with van der Waals surface area (Å²) in [6.07, 6.45) is 1.59. The highest BCUT2D eigenvalue weighted by Gasteiger charge is 2.08. The fourth-order valence-electron chi connectivity index (χ4n) is 2.41. The van der Waals surface area contributed by atoms with E-state index in [9.17, 15) is 4.79 Å². The Labute approximate surface area is 155 Å². The van der Waals surface area contributed by atoms with E-state index in [4.69, 9.17) is 0 Å². The summed E-state index contributed by atoms with van der Waals surface area (Å²) < 4.78 is 0. The van der Waals surface area contributed by atoms with E-state index in [-0.39, 0.29) is 5.91 Å². The number of hydrogen-bond acceptors (Lipinski definition) is 5. The minimum absolute atomic E-state index is 0.00295. The summed E-state index contributed by atoms with van der Waals surface area (Å²) in [5.41, 5.74) is 2.52. The van der Waals surface area contributed by atoms with E-state index in [1.807, 2.05) is 23.6 Å². The molecule has 0 aliphatic heterocycles. The molecule has 2 N–H and O–H groups in total. The maximum absolute atomic E-state index is 12.0. The van der Waals surface area contributed by atoms with Crippen LogP contribution in [0.1, 0.15) is 21.8 Å². The Balaban J connectivity index is 1.39. The van der Waals surface area contributed by atoms with E-state index in [1.54, 1.807) is 11.3 Å². The Morgan fingerprint density at radius 2 is 2.16 bits per heavy atom. The third-order valence-corrected chi connectivity index (χ3v) is 5.47. The molecule has 0 radical (unpaired) electrons. The molecule has 130 valence electrons. The summed E-state index contributed by atoms with van der Waals surface area (Å²) in [6, 6.07) is 12.3. The molecule has 0 saturated heterocycles. The quantitative estimate of drug-likeness (QED) is 0.596. The summed E-state index contributed by atoms with van der Waals surface area (Å²) >= 11 is 3.04. The Hall–Kier alpha value is -2.12. The van der Waals surface area contributed by atoms with E-state index in [0.717, 1.165) is 18.7 Å². The second kappa shape index (κ2) is 8.82. The van der Waals surface area contributed by atoms with Gasteiger partial charge >= 0.3 is 0 Å². The summed E-state index contributed by atoms with van der Waals surface area (Å²) in [5.74, 6) is 1.15. The van der Waals surface area contributed by atoms with Crippen molar-refractivity contribution in [1.82, 2.24) is 20.5 Å². The second-order valence-electron chi connectivity index (χ2n) is 5.64. The van der Waals surface area contributed by atoms with Crippen molar-refractivity contribution in [3.63, 3.8) is 0 Å². The number of hydrogen-bond donors (Lipinski definition) is 2. The van der Waals surface area contributed by atoms with Gasteiger partial charge in [0, 0.05) is 17.8 Å². The monoisotopic (exact) mass is 372 g/mol. The van der Waals surface area contributed by atoms with Crippen LogP contribution in [0.15, 0.2) is 46.9 Å². The number of H-pyrrole nitrogens is 1. The fourth-order valence-corrected chi connectivity index (χ4v) is 3.76. The van der Waals surface area contributed by atoms with Crippen molar-refractivity contribution in [1.29, 1.82) is 0 Å². The maximum atomic E-state index is 12.0. The average molecular weight is 373 g/mol. The van der Waals surface area contributed by atoms with Crippen LogP contribution in [0.25, 0.3) is 0 Å². The number of aromatic nitrogens is 3. The zero-order valence-corrected chi connectivity index (χ0v) is 15.6. The van der Waals surface area contributed by atoms with Crippen LogP contribution in [0.3, 0.4) is 0 Å². The van der Waals surface area contributed by atoms with Gasteiger partial charge in [-0.3, -0.25) is 9.89 Å². The number of thioether (sulfide) groups is 1. The topological polar surface area (TPSA) is 70.7 Å². The molecular formula is C18H20N4OS2. The molecule has 2 heterocycles. The first-order valence-corrected chi connectivity index (χ1v) is 9.95. The van der Waals surface area contributed by atoms with E-state index < -0.39 is 0 Å². The highest BCUT2D eigenvalue weighted by Crippen LogP contribution is 2.16. The molecule has 0 bridgehead atoms. The molecule has 0 unspecified atom stereocenters. The van der Waals surface area contributed by atoms with Gasteiger partial charge in [-0.25, -0.2) is 4.98 Å². The highest BCUT2D eigenvalue weighted by molar-refractivity contribution is 7.99. The van der Waals surface area contributed by atoms with Crippen molar-refractivity contribution in [2.24, 2.45) is 0 Å². The van der Waals surface area contributed by atoms with E-state index in [0.29, 0.717) is 17.5 Å². The first-order chi connectivity index (χ1) is 12.2. The molecule has 0 spiro atoms. The van der Waals surface area contributed by atoms with Gasteiger partial charge in [0.05, 0.1) is 5.75 Å².